The Morgan fingerprint density at radius 2 is 0.764 bits per heavy atom. The number of nitro groups is 1. The van der Waals surface area contributed by atoms with Crippen LogP contribution in [0.5, 0.6) is 0 Å². The number of nitrogens with one attached hydrogen (secondary N) is 3. The van der Waals surface area contributed by atoms with E-state index in [1.54, 1.807) is 108 Å². The van der Waals surface area contributed by atoms with Crippen LogP contribution >= 0.6 is 47.0 Å². The lowest BCUT2D eigenvalue weighted by Gasteiger charge is -2.47. The lowest BCUT2D eigenvalue weighted by Crippen LogP contribution is -2.55. The van der Waals surface area contributed by atoms with E-state index in [0.717, 1.165) is 17.9 Å². The largest absolute Gasteiger partial charge is 0.444 e. The van der Waals surface area contributed by atoms with Crippen LogP contribution < -0.4 is 33.2 Å². The highest BCUT2D eigenvalue weighted by Crippen LogP contribution is 2.51. The summed E-state index contributed by atoms with van der Waals surface area (Å²) in [7, 11) is 6.37. The number of non-ortho nitro benzene ring substituents is 1. The number of nitrogens with zero attached hydrogens (tertiary/aromatic N) is 5. The van der Waals surface area contributed by atoms with Gasteiger partial charge in [0.05, 0.1) is 82.2 Å². The molecule has 4 aromatic rings. The van der Waals surface area contributed by atoms with Gasteiger partial charge in [0.25, 0.3) is 5.69 Å². The van der Waals surface area contributed by atoms with Gasteiger partial charge >= 0.3 is 18.3 Å². The molecule has 35 heteroatoms. The normalized spacial score (nSPS) is 28.3. The molecule has 106 heavy (non-hydrogen) atoms. The second kappa shape index (κ2) is 34.7. The number of amidine groups is 4. The van der Waals surface area contributed by atoms with Crippen LogP contribution in [0.3, 0.4) is 0 Å². The maximum atomic E-state index is 14.9. The first-order valence-electron chi connectivity index (χ1n) is 33.9. The van der Waals surface area contributed by atoms with Crippen molar-refractivity contribution in [3.63, 3.8) is 0 Å². The molecule has 9 N–H and O–H groups in total. The predicted molar refractivity (Wildman–Crippen MR) is 400 cm³/mol. The van der Waals surface area contributed by atoms with Gasteiger partial charge in [0.2, 0.25) is 0 Å². The van der Waals surface area contributed by atoms with Crippen LogP contribution in [0.15, 0.2) is 98.8 Å². The number of amides is 3. The highest BCUT2D eigenvalue weighted by atomic mass is 32.2. The van der Waals surface area contributed by atoms with Crippen LogP contribution in [0.4, 0.5) is 49.0 Å². The standard InChI is InChI=1S/C19H24FN3O6S.2C19H26FN3O4S.C14H17FN2O2S/c1-18(2,3)29-17(24)21-16-22-19(10-28-8-15(27-4)13(19)9-30-16)12-7-11(23(25)26)5-6-14(12)20;2*1-18(2,3)27-17(24)22-16-23-19(12-7-11(21)5-6-14(12)20)10-26-8-15(25-4)13(19)9-28-16;1-18-12-6-19-8-14(9-4-2-3-5-11(9)15)10(12)7-20-13(16)17-14/h5-7,13,15H,8-10H2,1-4H3,(H,21,22,24);2*5-7,13,15H,8-10,21H2,1-4H3,(H,22,23,24);2-5,10,12H,6-8H2,1H3,(H2,16,17)/t3*13-,15+,19-;10-,12+,14-/m1111/s1. The number of carbonyl (C=O) groups excluding carboxylic acids is 3. The number of carbonyl (C=O) groups is 3. The Balaban J connectivity index is 0.000000165. The summed E-state index contributed by atoms with van der Waals surface area (Å²) in [5, 5.41) is 20.6. The summed E-state index contributed by atoms with van der Waals surface area (Å²) in [6, 6.07) is 18.8. The minimum absolute atomic E-state index is 0.00429. The van der Waals surface area contributed by atoms with Gasteiger partial charge in [-0.15, -0.1) is 0 Å². The molecule has 0 aromatic heterocycles. The molecule has 0 bridgehead atoms. The Labute approximate surface area is 630 Å². The van der Waals surface area contributed by atoms with E-state index >= 15 is 0 Å². The lowest BCUT2D eigenvalue weighted by molar-refractivity contribution is -0.385. The topological polar surface area (TPSA) is 359 Å². The molecule has 12 rings (SSSR count). The molecule has 0 saturated carbocycles. The summed E-state index contributed by atoms with van der Waals surface area (Å²) in [4.78, 5) is 66.0. The first kappa shape index (κ1) is 83.0. The van der Waals surface area contributed by atoms with E-state index in [1.807, 2.05) is 6.07 Å². The third kappa shape index (κ3) is 19.5. The molecule has 580 valence electrons. The van der Waals surface area contributed by atoms with Gasteiger partial charge in [-0.25, -0.2) is 51.9 Å². The number of nitrogens with two attached hydrogens (primary N) is 3. The van der Waals surface area contributed by atoms with E-state index in [4.69, 9.17) is 79.3 Å². The van der Waals surface area contributed by atoms with Crippen molar-refractivity contribution in [1.29, 1.82) is 0 Å². The van der Waals surface area contributed by atoms with E-state index < -0.39 is 85.7 Å². The quantitative estimate of drug-likeness (QED) is 0.0298. The lowest BCUT2D eigenvalue weighted by atomic mass is 9.75. The van der Waals surface area contributed by atoms with Crippen LogP contribution in [0.1, 0.15) is 84.6 Å². The zero-order valence-electron chi connectivity index (χ0n) is 61.3. The van der Waals surface area contributed by atoms with Crippen molar-refractivity contribution in [3.05, 3.63) is 134 Å². The van der Waals surface area contributed by atoms with Gasteiger partial charge in [-0.1, -0.05) is 65.2 Å². The van der Waals surface area contributed by atoms with Gasteiger partial charge in [0.15, 0.2) is 20.7 Å². The maximum Gasteiger partial charge on any atom is 0.413 e. The number of fused-ring (bicyclic) bond motifs is 4. The van der Waals surface area contributed by atoms with E-state index in [1.165, 1.54) is 90.6 Å². The Morgan fingerprint density at radius 3 is 1.08 bits per heavy atom. The second-order valence-electron chi connectivity index (χ2n) is 29.0. The van der Waals surface area contributed by atoms with E-state index in [0.29, 0.717) is 93.9 Å². The second-order valence-corrected chi connectivity index (χ2v) is 33.1. The highest BCUT2D eigenvalue weighted by molar-refractivity contribution is 8.14. The number of methoxy groups -OCH3 is 4. The Kier molecular flexibility index (Phi) is 27.2. The van der Waals surface area contributed by atoms with Gasteiger partial charge in [-0.3, -0.25) is 26.1 Å². The molecule has 8 heterocycles. The number of hydrogen-bond acceptors (Lipinski definition) is 27. The zero-order chi connectivity index (χ0) is 77.3. The third-order valence-corrected chi connectivity index (χ3v) is 22.3. The van der Waals surface area contributed by atoms with Crippen LogP contribution in [0, 0.1) is 57.1 Å². The Bertz CT molecular complexity index is 3840. The smallest absolute Gasteiger partial charge is 0.413 e. The zero-order valence-corrected chi connectivity index (χ0v) is 64.5. The third-order valence-electron chi connectivity index (χ3n) is 18.4. The van der Waals surface area contributed by atoms with Crippen LogP contribution in [-0.4, -0.2) is 189 Å². The molecule has 0 unspecified atom stereocenters. The predicted octanol–water partition coefficient (Wildman–Crippen LogP) is 10.7. The molecule has 12 atom stereocenters. The molecule has 0 radical (unpaired) electrons. The summed E-state index contributed by atoms with van der Waals surface area (Å²) in [5.74, 6) is 0.0312. The SMILES string of the molecule is CO[C@H]1COC[C@]2(c3cc(N)ccc3F)N=C(NC(=O)OC(C)(C)C)SC[C@H]12.CO[C@H]1COC[C@]2(c3cc(N)ccc3F)N=C(NC(=O)OC(C)(C)C)SC[C@H]12.CO[C@H]1COC[C@]2(c3cc([N+](=O)[O-])ccc3F)N=C(NC(=O)OC(C)(C)C)SC[C@H]12.CO[C@H]1COC[C@]2(c3ccccc3F)N=C(N)SC[C@H]12. The average molecular weight is 1560 g/mol. The highest BCUT2D eigenvalue weighted by Gasteiger charge is 2.56. The fraction of sp³-hybridized carbons (Fsp3) is 0.563. The van der Waals surface area contributed by atoms with Crippen molar-refractivity contribution in [2.24, 2.45) is 49.4 Å². The molecular formula is C71H93F4N11O16S4. The number of nitrogen functional groups attached to an aromatic ring is 2. The van der Waals surface area contributed by atoms with E-state index in [9.17, 15) is 42.1 Å². The van der Waals surface area contributed by atoms with E-state index in [2.05, 4.69) is 25.9 Å². The van der Waals surface area contributed by atoms with Crippen molar-refractivity contribution < 1.29 is 89.0 Å². The van der Waals surface area contributed by atoms with Crippen molar-refractivity contribution >= 4 is 103 Å². The molecule has 3 amide bonds. The van der Waals surface area contributed by atoms with Crippen LogP contribution in [-0.2, 0) is 74.3 Å². The fourth-order valence-electron chi connectivity index (χ4n) is 13.6. The fourth-order valence-corrected chi connectivity index (χ4v) is 18.3. The summed E-state index contributed by atoms with van der Waals surface area (Å²) in [5.41, 5.74) is 13.4. The Morgan fingerprint density at radius 1 is 0.462 bits per heavy atom. The molecule has 0 aliphatic carbocycles. The molecule has 27 nitrogen and oxygen atoms in total. The molecule has 8 aliphatic heterocycles. The summed E-state index contributed by atoms with van der Waals surface area (Å²) in [6.45, 7) is 18.1. The van der Waals surface area contributed by atoms with E-state index in [-0.39, 0.29) is 84.0 Å². The average Bonchev–Trinajstić information content (AvgIpc) is 0.760. The van der Waals surface area contributed by atoms with Gasteiger partial charge in [0, 0.05) is 121 Å². The van der Waals surface area contributed by atoms with Crippen LogP contribution in [0.2, 0.25) is 0 Å². The molecule has 0 spiro atoms. The molecule has 8 aliphatic rings. The monoisotopic (exact) mass is 1560 g/mol. The molecule has 4 saturated heterocycles. The van der Waals surface area contributed by atoms with Crippen molar-refractivity contribution in [3.8, 4) is 0 Å². The van der Waals surface area contributed by atoms with Crippen molar-refractivity contribution in [1.82, 2.24) is 16.0 Å². The minimum Gasteiger partial charge on any atom is -0.444 e. The number of hydrogen-bond donors (Lipinski definition) is 6. The number of aliphatic imine (C=N–C) groups is 4. The van der Waals surface area contributed by atoms with Gasteiger partial charge in [-0.05, 0) is 111 Å². The van der Waals surface area contributed by atoms with Crippen molar-refractivity contribution in [2.75, 3.05) is 116 Å². The minimum atomic E-state index is -1.29. The number of halogens is 4. The molecule has 4 aromatic carbocycles. The summed E-state index contributed by atoms with van der Waals surface area (Å²) < 4.78 is 120. The summed E-state index contributed by atoms with van der Waals surface area (Å²) in [6.07, 6.45) is -2.92. The molecule has 4 fully saturated rings. The number of anilines is 2. The van der Waals surface area contributed by atoms with Gasteiger partial charge in [-0.2, -0.15) is 0 Å². The number of alkyl carbamates (subject to hydrolysis) is 3. The summed E-state index contributed by atoms with van der Waals surface area (Å²) >= 11 is 5.52. The number of ether oxygens (including phenoxy) is 11. The number of nitro benzene ring substituents is 1. The number of thioether (sulfide) groups is 4. The number of rotatable bonds is 9. The first-order valence-corrected chi connectivity index (χ1v) is 37.8. The van der Waals surface area contributed by atoms with Crippen LogP contribution in [0.25, 0.3) is 0 Å². The number of benzene rings is 4. The van der Waals surface area contributed by atoms with Crippen molar-refractivity contribution in [2.45, 2.75) is 126 Å². The van der Waals surface area contributed by atoms with Gasteiger partial charge in [0.1, 0.15) is 62.2 Å². The van der Waals surface area contributed by atoms with Gasteiger partial charge < -0.3 is 69.3 Å². The maximum absolute atomic E-state index is 14.9. The first-order chi connectivity index (χ1) is 50.0. The Hall–Kier alpha value is -7.03. The molecular weight excluding hydrogens is 1470 g/mol.